The van der Waals surface area contributed by atoms with Crippen molar-refractivity contribution in [1.29, 1.82) is 0 Å². The average molecular weight is 248 g/mol. The number of hydrogen-bond acceptors (Lipinski definition) is 4. The summed E-state index contributed by atoms with van der Waals surface area (Å²) < 4.78 is 0. The van der Waals surface area contributed by atoms with Gasteiger partial charge in [-0.3, -0.25) is 0 Å². The first-order valence-corrected chi connectivity index (χ1v) is 6.90. The molecule has 1 saturated carbocycles. The van der Waals surface area contributed by atoms with Crippen LogP contribution in [0.4, 0.5) is 11.6 Å². The second-order valence-corrected chi connectivity index (χ2v) is 5.91. The van der Waals surface area contributed by atoms with Crippen molar-refractivity contribution in [3.8, 4) is 0 Å². The Hall–Kier alpha value is -1.32. The molecule has 4 heteroatoms. The first kappa shape index (κ1) is 13.1. The molecule has 1 atom stereocenters. The Balaban J connectivity index is 2.21. The van der Waals surface area contributed by atoms with Crippen LogP contribution >= 0.6 is 0 Å². The van der Waals surface area contributed by atoms with E-state index in [-0.39, 0.29) is 0 Å². The van der Waals surface area contributed by atoms with Crippen molar-refractivity contribution in [2.75, 3.05) is 11.1 Å². The number of nitrogen functional groups attached to an aromatic ring is 1. The lowest BCUT2D eigenvalue weighted by Gasteiger charge is -2.29. The maximum Gasteiger partial charge on any atom is 0.134 e. The van der Waals surface area contributed by atoms with Gasteiger partial charge in [-0.05, 0) is 24.7 Å². The molecule has 1 unspecified atom stereocenters. The van der Waals surface area contributed by atoms with Crippen molar-refractivity contribution >= 4 is 11.6 Å². The highest BCUT2D eigenvalue weighted by Gasteiger charge is 2.34. The first-order chi connectivity index (χ1) is 8.54. The highest BCUT2D eigenvalue weighted by molar-refractivity contribution is 5.55. The summed E-state index contributed by atoms with van der Waals surface area (Å²) in [6.07, 6.45) is 7.31. The summed E-state index contributed by atoms with van der Waals surface area (Å²) in [4.78, 5) is 8.48. The van der Waals surface area contributed by atoms with Crippen LogP contribution in [0, 0.1) is 5.41 Å². The lowest BCUT2D eigenvalue weighted by atomic mass is 9.87. The monoisotopic (exact) mass is 248 g/mol. The molecule has 2 rings (SSSR count). The van der Waals surface area contributed by atoms with E-state index < -0.39 is 0 Å². The molecular formula is C14H24N4. The van der Waals surface area contributed by atoms with Crippen molar-refractivity contribution < 1.29 is 0 Å². The molecule has 1 heterocycles. The molecule has 4 nitrogen and oxygen atoms in total. The van der Waals surface area contributed by atoms with Crippen LogP contribution in [0.2, 0.25) is 0 Å². The molecule has 1 aliphatic carbocycles. The van der Waals surface area contributed by atoms with E-state index >= 15 is 0 Å². The largest absolute Gasteiger partial charge is 0.383 e. The van der Waals surface area contributed by atoms with Crippen molar-refractivity contribution in [3.05, 3.63) is 11.9 Å². The molecule has 0 bridgehead atoms. The number of nitrogens with two attached hydrogens (primary N) is 1. The van der Waals surface area contributed by atoms with E-state index in [0.717, 1.165) is 24.2 Å². The van der Waals surface area contributed by atoms with Gasteiger partial charge in [0.25, 0.3) is 0 Å². The smallest absolute Gasteiger partial charge is 0.134 e. The average Bonchev–Trinajstić information content (AvgIpc) is 2.63. The maximum atomic E-state index is 5.96. The van der Waals surface area contributed by atoms with E-state index in [0.29, 0.717) is 17.3 Å². The lowest BCUT2D eigenvalue weighted by Crippen LogP contribution is -2.31. The molecule has 18 heavy (non-hydrogen) atoms. The standard InChI is InChI=1S/C14H24N4/c1-4-6-10-12(15)16-9-17-13(10)18-11-7-5-8-14(11,2)3/h9,11H,4-8H2,1-3H3,(H3,15,16,17,18). The highest BCUT2D eigenvalue weighted by atomic mass is 15.1. The van der Waals surface area contributed by atoms with E-state index in [2.05, 4.69) is 36.1 Å². The summed E-state index contributed by atoms with van der Waals surface area (Å²) in [5, 5.41) is 3.59. The number of aromatic nitrogens is 2. The second-order valence-electron chi connectivity index (χ2n) is 5.91. The molecule has 100 valence electrons. The molecule has 0 saturated heterocycles. The van der Waals surface area contributed by atoms with Crippen molar-refractivity contribution in [3.63, 3.8) is 0 Å². The predicted octanol–water partition coefficient (Wildman–Crippen LogP) is 3.00. The minimum absolute atomic E-state index is 0.337. The molecule has 0 radical (unpaired) electrons. The third kappa shape index (κ3) is 2.57. The topological polar surface area (TPSA) is 63.8 Å². The van der Waals surface area contributed by atoms with Gasteiger partial charge in [0.05, 0.1) is 0 Å². The molecule has 3 N–H and O–H groups in total. The Morgan fingerprint density at radius 2 is 2.22 bits per heavy atom. The first-order valence-electron chi connectivity index (χ1n) is 6.90. The summed E-state index contributed by atoms with van der Waals surface area (Å²) in [5.74, 6) is 1.55. The van der Waals surface area contributed by atoms with E-state index in [4.69, 9.17) is 5.73 Å². The van der Waals surface area contributed by atoms with Crippen molar-refractivity contribution in [2.24, 2.45) is 5.41 Å². The normalized spacial score (nSPS) is 22.1. The van der Waals surface area contributed by atoms with Gasteiger partial charge in [-0.2, -0.15) is 0 Å². The molecule has 0 amide bonds. The van der Waals surface area contributed by atoms with E-state index in [1.165, 1.54) is 19.3 Å². The zero-order chi connectivity index (χ0) is 13.2. The Bertz CT molecular complexity index is 414. The number of nitrogens with one attached hydrogen (secondary N) is 1. The molecule has 0 aliphatic heterocycles. The van der Waals surface area contributed by atoms with E-state index in [9.17, 15) is 0 Å². The fourth-order valence-electron chi connectivity index (χ4n) is 2.81. The summed E-state index contributed by atoms with van der Waals surface area (Å²) in [6, 6.07) is 0.488. The van der Waals surface area contributed by atoms with Crippen LogP contribution in [-0.4, -0.2) is 16.0 Å². The number of nitrogens with zero attached hydrogens (tertiary/aromatic N) is 2. The number of anilines is 2. The Labute approximate surface area is 109 Å². The predicted molar refractivity (Wildman–Crippen MR) is 75.5 cm³/mol. The highest BCUT2D eigenvalue weighted by Crippen LogP contribution is 2.39. The number of rotatable bonds is 4. The van der Waals surface area contributed by atoms with Gasteiger partial charge < -0.3 is 11.1 Å². The molecule has 1 aliphatic rings. The maximum absolute atomic E-state index is 5.96. The Morgan fingerprint density at radius 3 is 2.83 bits per heavy atom. The fourth-order valence-corrected chi connectivity index (χ4v) is 2.81. The van der Waals surface area contributed by atoms with Gasteiger partial charge in [-0.25, -0.2) is 9.97 Å². The SMILES string of the molecule is CCCc1c(N)ncnc1NC1CCCC1(C)C. The summed E-state index contributed by atoms with van der Waals surface area (Å²) in [6.45, 7) is 6.79. The Kier molecular flexibility index (Phi) is 3.73. The third-order valence-electron chi connectivity index (χ3n) is 4.05. The quantitative estimate of drug-likeness (QED) is 0.859. The van der Waals surface area contributed by atoms with Gasteiger partial charge in [-0.15, -0.1) is 0 Å². The van der Waals surface area contributed by atoms with Crippen LogP contribution in [0.15, 0.2) is 6.33 Å². The van der Waals surface area contributed by atoms with Crippen LogP contribution in [0.5, 0.6) is 0 Å². The van der Waals surface area contributed by atoms with Crippen LogP contribution in [0.1, 0.15) is 52.0 Å². The van der Waals surface area contributed by atoms with E-state index in [1.54, 1.807) is 6.33 Å². The minimum Gasteiger partial charge on any atom is -0.383 e. The van der Waals surface area contributed by atoms with Crippen molar-refractivity contribution in [1.82, 2.24) is 9.97 Å². The van der Waals surface area contributed by atoms with Crippen LogP contribution in [0.25, 0.3) is 0 Å². The van der Waals surface area contributed by atoms with Gasteiger partial charge >= 0.3 is 0 Å². The summed E-state index contributed by atoms with van der Waals surface area (Å²) >= 11 is 0. The number of hydrogen-bond donors (Lipinski definition) is 2. The summed E-state index contributed by atoms with van der Waals surface area (Å²) in [5.41, 5.74) is 7.37. The Morgan fingerprint density at radius 1 is 1.44 bits per heavy atom. The zero-order valence-electron chi connectivity index (χ0n) is 11.7. The third-order valence-corrected chi connectivity index (χ3v) is 4.05. The molecule has 0 spiro atoms. The zero-order valence-corrected chi connectivity index (χ0v) is 11.7. The summed E-state index contributed by atoms with van der Waals surface area (Å²) in [7, 11) is 0. The van der Waals surface area contributed by atoms with Gasteiger partial charge in [0.1, 0.15) is 18.0 Å². The molecule has 1 aromatic rings. The van der Waals surface area contributed by atoms with Crippen LogP contribution < -0.4 is 11.1 Å². The van der Waals surface area contributed by atoms with Gasteiger partial charge in [0.15, 0.2) is 0 Å². The molecule has 1 aromatic heterocycles. The van der Waals surface area contributed by atoms with Crippen molar-refractivity contribution in [2.45, 2.75) is 58.9 Å². The van der Waals surface area contributed by atoms with Gasteiger partial charge in [-0.1, -0.05) is 33.6 Å². The van der Waals surface area contributed by atoms with Crippen LogP contribution in [0.3, 0.4) is 0 Å². The molecule has 0 aromatic carbocycles. The fraction of sp³-hybridized carbons (Fsp3) is 0.714. The minimum atomic E-state index is 0.337. The molecular weight excluding hydrogens is 224 g/mol. The second kappa shape index (κ2) is 5.12. The van der Waals surface area contributed by atoms with E-state index in [1.807, 2.05) is 0 Å². The van der Waals surface area contributed by atoms with Gasteiger partial charge in [0, 0.05) is 11.6 Å². The van der Waals surface area contributed by atoms with Crippen LogP contribution in [-0.2, 0) is 6.42 Å². The lowest BCUT2D eigenvalue weighted by molar-refractivity contribution is 0.349. The van der Waals surface area contributed by atoms with Gasteiger partial charge in [0.2, 0.25) is 0 Å². The molecule has 1 fully saturated rings.